The molecule has 0 bridgehead atoms. The maximum Gasteiger partial charge on any atom is 0.472 e. The number of carbonyl (C=O) groups excluding carboxylic acids is 2. The molecule has 0 saturated heterocycles. The van der Waals surface area contributed by atoms with Gasteiger partial charge in [-0.2, -0.15) is 0 Å². The molecule has 1 fully saturated rings. The molecule has 0 amide bonds. The van der Waals surface area contributed by atoms with Crippen molar-refractivity contribution in [3.8, 4) is 0 Å². The van der Waals surface area contributed by atoms with Crippen molar-refractivity contribution in [2.75, 3.05) is 13.2 Å². The van der Waals surface area contributed by atoms with Gasteiger partial charge in [-0.25, -0.2) is 4.57 Å². The number of aliphatic hydroxyl groups is 5. The number of hydrogen-bond acceptors (Lipinski definition) is 12. The van der Waals surface area contributed by atoms with Crippen LogP contribution in [0.3, 0.4) is 0 Å². The minimum Gasteiger partial charge on any atom is -0.462 e. The molecule has 0 aromatic rings. The summed E-state index contributed by atoms with van der Waals surface area (Å²) in [6.45, 7) is 3.19. The first-order chi connectivity index (χ1) is 27.4. The third kappa shape index (κ3) is 26.5. The maximum absolute atomic E-state index is 12.8. The zero-order valence-electron chi connectivity index (χ0n) is 34.6. The zero-order valence-corrected chi connectivity index (χ0v) is 35.5. The van der Waals surface area contributed by atoms with E-state index in [2.05, 4.69) is 62.5 Å². The smallest absolute Gasteiger partial charge is 0.462 e. The number of carbonyl (C=O) groups is 2. The molecule has 8 atom stereocenters. The summed E-state index contributed by atoms with van der Waals surface area (Å²) in [5, 5.41) is 50.0. The Labute approximate surface area is 341 Å². The molecule has 0 radical (unpaired) electrons. The summed E-state index contributed by atoms with van der Waals surface area (Å²) < 4.78 is 33.4. The molecule has 0 spiro atoms. The number of phosphoric ester groups is 1. The van der Waals surface area contributed by atoms with Crippen molar-refractivity contribution in [1.29, 1.82) is 0 Å². The number of hydrogen-bond donors (Lipinski definition) is 6. The maximum atomic E-state index is 12.8. The Bertz CT molecular complexity index is 1190. The Balaban J connectivity index is 2.55. The molecule has 1 saturated carbocycles. The van der Waals surface area contributed by atoms with Gasteiger partial charge in [-0.3, -0.25) is 18.6 Å². The van der Waals surface area contributed by atoms with Gasteiger partial charge in [-0.15, -0.1) is 0 Å². The van der Waals surface area contributed by atoms with Crippen LogP contribution < -0.4 is 0 Å². The largest absolute Gasteiger partial charge is 0.472 e. The predicted molar refractivity (Wildman–Crippen MR) is 221 cm³/mol. The van der Waals surface area contributed by atoms with Crippen LogP contribution in [0.25, 0.3) is 0 Å². The SMILES string of the molecule is CCCCC/C=C/C/C=C/C/C=C/CCCCC(=O)O[C@H](COC(=O)CCCCCCC/C=C/CCCCCC)COP(=O)(O)OC1C(O)C(O)C(O)[C@@H](O)C1O. The van der Waals surface area contributed by atoms with E-state index >= 15 is 0 Å². The van der Waals surface area contributed by atoms with Gasteiger partial charge >= 0.3 is 19.8 Å². The Kier molecular flexibility index (Phi) is 31.2. The number of phosphoric acid groups is 1. The van der Waals surface area contributed by atoms with Crippen LogP contribution in [0.2, 0.25) is 0 Å². The lowest BCUT2D eigenvalue weighted by Crippen LogP contribution is -2.64. The second kappa shape index (κ2) is 33.6. The van der Waals surface area contributed by atoms with Crippen molar-refractivity contribution in [3.05, 3.63) is 48.6 Å². The number of aliphatic hydroxyl groups excluding tert-OH is 5. The lowest BCUT2D eigenvalue weighted by molar-refractivity contribution is -0.220. The predicted octanol–water partition coefficient (Wildman–Crippen LogP) is 7.61. The van der Waals surface area contributed by atoms with Gasteiger partial charge in [-0.1, -0.05) is 114 Å². The Morgan fingerprint density at radius 2 is 0.947 bits per heavy atom. The van der Waals surface area contributed by atoms with Crippen LogP contribution in [-0.2, 0) is 32.7 Å². The van der Waals surface area contributed by atoms with Gasteiger partial charge in [0.25, 0.3) is 0 Å². The molecule has 6 unspecified atom stereocenters. The molecule has 0 aromatic carbocycles. The first-order valence-corrected chi connectivity index (χ1v) is 22.9. The molecule has 14 heteroatoms. The number of rotatable bonds is 34. The molecule has 6 N–H and O–H groups in total. The van der Waals surface area contributed by atoms with E-state index in [0.717, 1.165) is 70.6 Å². The Hall–Kier alpha value is -2.19. The molecule has 1 aliphatic carbocycles. The third-order valence-electron chi connectivity index (χ3n) is 9.64. The number of allylic oxidation sites excluding steroid dienone is 8. The second-order valence-corrected chi connectivity index (χ2v) is 16.2. The average Bonchev–Trinajstić information content (AvgIpc) is 3.19. The summed E-state index contributed by atoms with van der Waals surface area (Å²) in [4.78, 5) is 35.6. The summed E-state index contributed by atoms with van der Waals surface area (Å²) in [5.41, 5.74) is 0. The highest BCUT2D eigenvalue weighted by Crippen LogP contribution is 2.47. The third-order valence-corrected chi connectivity index (χ3v) is 10.6. The fourth-order valence-corrected chi connectivity index (χ4v) is 7.08. The minimum absolute atomic E-state index is 0.0450. The van der Waals surface area contributed by atoms with Crippen molar-refractivity contribution < 1.29 is 63.1 Å². The van der Waals surface area contributed by atoms with Gasteiger partial charge < -0.3 is 39.9 Å². The molecule has 1 aliphatic rings. The van der Waals surface area contributed by atoms with E-state index in [4.69, 9.17) is 18.5 Å². The van der Waals surface area contributed by atoms with E-state index in [1.54, 1.807) is 0 Å². The van der Waals surface area contributed by atoms with Crippen LogP contribution in [0.1, 0.15) is 155 Å². The molecule has 1 rings (SSSR count). The Morgan fingerprint density at radius 1 is 0.544 bits per heavy atom. The summed E-state index contributed by atoms with van der Waals surface area (Å²) in [6, 6.07) is 0. The molecule has 0 aliphatic heterocycles. The van der Waals surface area contributed by atoms with Gasteiger partial charge in [0.1, 0.15) is 43.2 Å². The van der Waals surface area contributed by atoms with Crippen LogP contribution in [0.5, 0.6) is 0 Å². The zero-order chi connectivity index (χ0) is 42.2. The van der Waals surface area contributed by atoms with E-state index in [1.807, 2.05) is 0 Å². The van der Waals surface area contributed by atoms with Crippen LogP contribution >= 0.6 is 7.82 Å². The first-order valence-electron chi connectivity index (χ1n) is 21.4. The normalized spacial score (nSPS) is 23.2. The molecule has 0 heterocycles. The van der Waals surface area contributed by atoms with Gasteiger partial charge in [0.15, 0.2) is 6.10 Å². The van der Waals surface area contributed by atoms with Gasteiger partial charge in [0.2, 0.25) is 0 Å². The van der Waals surface area contributed by atoms with Crippen LogP contribution in [0, 0.1) is 0 Å². The van der Waals surface area contributed by atoms with E-state index in [9.17, 15) is 44.6 Å². The highest BCUT2D eigenvalue weighted by molar-refractivity contribution is 7.47. The van der Waals surface area contributed by atoms with Crippen molar-refractivity contribution in [3.63, 3.8) is 0 Å². The minimum atomic E-state index is -5.13. The van der Waals surface area contributed by atoms with E-state index < -0.39 is 75.7 Å². The summed E-state index contributed by atoms with van der Waals surface area (Å²) >= 11 is 0. The monoisotopic (exact) mass is 830 g/mol. The molecule has 0 aromatic heterocycles. The fraction of sp³-hybridized carbons (Fsp3) is 0.767. The van der Waals surface area contributed by atoms with Crippen LogP contribution in [0.4, 0.5) is 0 Å². The van der Waals surface area contributed by atoms with Crippen molar-refractivity contribution in [2.45, 2.75) is 198 Å². The number of unbranched alkanes of at least 4 members (excludes halogenated alkanes) is 14. The number of esters is 2. The lowest BCUT2D eigenvalue weighted by atomic mass is 9.85. The topological polar surface area (TPSA) is 210 Å². The number of ether oxygens (including phenoxy) is 2. The standard InChI is InChI=1S/C43H75O13P/c1-3-5-7-9-11-13-15-17-18-20-22-24-26-28-30-32-37(45)55-35(34-54-57(51,52)56-43-41(49)39(47)38(46)40(48)42(43)50)33-53-36(44)31-29-27-25-23-21-19-16-14-12-10-8-6-4-2/h11,13-14,16-18,22,24,35,38-43,46-50H,3-10,12,15,19-21,23,25-34H2,1-2H3,(H,51,52)/b13-11+,16-14+,18-17+,24-22+/t35-,38?,39-,40?,41?,42?,43?/m1/s1. The van der Waals surface area contributed by atoms with E-state index in [0.29, 0.717) is 12.8 Å². The second-order valence-electron chi connectivity index (χ2n) is 14.8. The quantitative estimate of drug-likeness (QED) is 0.0160. The van der Waals surface area contributed by atoms with Crippen molar-refractivity contribution in [1.82, 2.24) is 0 Å². The highest BCUT2D eigenvalue weighted by atomic mass is 31.2. The van der Waals surface area contributed by atoms with Gasteiger partial charge in [0, 0.05) is 12.8 Å². The van der Waals surface area contributed by atoms with Crippen LogP contribution in [0.15, 0.2) is 48.6 Å². The summed E-state index contributed by atoms with van der Waals surface area (Å²) in [5.74, 6) is -1.16. The molecule has 13 nitrogen and oxygen atoms in total. The fourth-order valence-electron chi connectivity index (χ4n) is 6.11. The van der Waals surface area contributed by atoms with Gasteiger partial charge in [-0.05, 0) is 77.0 Å². The van der Waals surface area contributed by atoms with E-state index in [-0.39, 0.29) is 12.8 Å². The highest BCUT2D eigenvalue weighted by Gasteiger charge is 2.51. The van der Waals surface area contributed by atoms with Gasteiger partial charge in [0.05, 0.1) is 6.61 Å². The van der Waals surface area contributed by atoms with Crippen molar-refractivity contribution >= 4 is 19.8 Å². The summed E-state index contributed by atoms with van der Waals surface area (Å²) in [7, 11) is -5.13. The molecule has 330 valence electrons. The average molecular weight is 831 g/mol. The first kappa shape index (κ1) is 52.8. The summed E-state index contributed by atoms with van der Waals surface area (Å²) in [6.07, 6.45) is 24.6. The molecular formula is C43H75O13P. The van der Waals surface area contributed by atoms with Crippen LogP contribution in [-0.4, -0.2) is 98.3 Å². The Morgan fingerprint density at radius 3 is 1.53 bits per heavy atom. The van der Waals surface area contributed by atoms with E-state index in [1.165, 1.54) is 44.9 Å². The van der Waals surface area contributed by atoms with Crippen molar-refractivity contribution in [2.24, 2.45) is 0 Å². The molecular weight excluding hydrogens is 755 g/mol. The molecule has 57 heavy (non-hydrogen) atoms. The lowest BCUT2D eigenvalue weighted by Gasteiger charge is -2.41.